The molecule has 0 atom stereocenters. The quantitative estimate of drug-likeness (QED) is 0.553. The average Bonchev–Trinajstić information content (AvgIpc) is 2.66. The van der Waals surface area contributed by atoms with Crippen molar-refractivity contribution in [1.29, 1.82) is 0 Å². The van der Waals surface area contributed by atoms with E-state index in [-0.39, 0.29) is 17.6 Å². The summed E-state index contributed by atoms with van der Waals surface area (Å²) in [4.78, 5) is 16.0. The number of hydrogen-bond acceptors (Lipinski definition) is 3. The summed E-state index contributed by atoms with van der Waals surface area (Å²) in [6, 6.07) is 15.1. The van der Waals surface area contributed by atoms with Crippen molar-refractivity contribution in [1.82, 2.24) is 4.98 Å². The van der Waals surface area contributed by atoms with Crippen LogP contribution in [0.4, 0.5) is 24.5 Å². The number of pyridine rings is 1. The maximum Gasteiger partial charge on any atom is 0.416 e. The Labute approximate surface area is 164 Å². The second-order valence-electron chi connectivity index (χ2n) is 5.89. The molecule has 1 heterocycles. The molecule has 0 aliphatic rings. The summed E-state index contributed by atoms with van der Waals surface area (Å²) in [6.07, 6.45) is -3.01. The Morgan fingerprint density at radius 3 is 2.46 bits per heavy atom. The molecule has 1 amide bonds. The van der Waals surface area contributed by atoms with E-state index in [2.05, 4.69) is 15.6 Å². The van der Waals surface area contributed by atoms with Gasteiger partial charge in [0, 0.05) is 23.1 Å². The molecule has 0 aliphatic carbocycles. The SMILES string of the molecule is O=C(CNc1ccc(C(F)(F)F)cc1-c1ccccc1)Nc1ccnc(Cl)c1. The molecule has 2 N–H and O–H groups in total. The van der Waals surface area contributed by atoms with Crippen LogP contribution in [0.2, 0.25) is 5.15 Å². The van der Waals surface area contributed by atoms with Crippen LogP contribution < -0.4 is 10.6 Å². The van der Waals surface area contributed by atoms with Crippen LogP contribution in [0.3, 0.4) is 0 Å². The van der Waals surface area contributed by atoms with Crippen molar-refractivity contribution >= 4 is 28.9 Å². The van der Waals surface area contributed by atoms with Gasteiger partial charge in [0.05, 0.1) is 12.1 Å². The fourth-order valence-electron chi connectivity index (χ4n) is 2.59. The number of anilines is 2. The third-order valence-electron chi connectivity index (χ3n) is 3.88. The fourth-order valence-corrected chi connectivity index (χ4v) is 2.77. The molecule has 2 aromatic carbocycles. The number of benzene rings is 2. The Morgan fingerprint density at radius 1 is 1.04 bits per heavy atom. The highest BCUT2D eigenvalue weighted by atomic mass is 35.5. The van der Waals surface area contributed by atoms with Crippen molar-refractivity contribution in [2.75, 3.05) is 17.2 Å². The lowest BCUT2D eigenvalue weighted by Crippen LogP contribution is -2.22. The number of nitrogens with one attached hydrogen (secondary N) is 2. The lowest BCUT2D eigenvalue weighted by atomic mass is 10.0. The number of alkyl halides is 3. The molecule has 144 valence electrons. The Balaban J connectivity index is 1.80. The van der Waals surface area contributed by atoms with E-state index in [4.69, 9.17) is 11.6 Å². The van der Waals surface area contributed by atoms with Gasteiger partial charge in [0.2, 0.25) is 5.91 Å². The molecular formula is C20H15ClF3N3O. The van der Waals surface area contributed by atoms with E-state index in [0.29, 0.717) is 22.5 Å². The molecule has 0 aliphatic heterocycles. The van der Waals surface area contributed by atoms with Gasteiger partial charge < -0.3 is 10.6 Å². The predicted molar refractivity (Wildman–Crippen MR) is 103 cm³/mol. The minimum atomic E-state index is -4.46. The van der Waals surface area contributed by atoms with Gasteiger partial charge in [0.15, 0.2) is 0 Å². The lowest BCUT2D eigenvalue weighted by molar-refractivity contribution is -0.137. The summed E-state index contributed by atoms with van der Waals surface area (Å²) in [7, 11) is 0. The highest BCUT2D eigenvalue weighted by Crippen LogP contribution is 2.36. The zero-order chi connectivity index (χ0) is 20.1. The summed E-state index contributed by atoms with van der Waals surface area (Å²) in [5, 5.41) is 5.78. The van der Waals surface area contributed by atoms with Crippen LogP contribution in [0.5, 0.6) is 0 Å². The van der Waals surface area contributed by atoms with E-state index in [1.807, 2.05) is 0 Å². The molecule has 3 aromatic rings. The lowest BCUT2D eigenvalue weighted by Gasteiger charge is -2.15. The molecule has 4 nitrogen and oxygen atoms in total. The first-order valence-electron chi connectivity index (χ1n) is 8.25. The first-order chi connectivity index (χ1) is 13.3. The average molecular weight is 406 g/mol. The van der Waals surface area contributed by atoms with Gasteiger partial charge in [-0.05, 0) is 35.9 Å². The second-order valence-corrected chi connectivity index (χ2v) is 6.28. The van der Waals surface area contributed by atoms with Gasteiger partial charge in [0.1, 0.15) is 5.15 Å². The fraction of sp³-hybridized carbons (Fsp3) is 0.100. The Morgan fingerprint density at radius 2 is 1.79 bits per heavy atom. The molecule has 0 unspecified atom stereocenters. The van der Waals surface area contributed by atoms with Gasteiger partial charge >= 0.3 is 6.18 Å². The van der Waals surface area contributed by atoms with E-state index in [0.717, 1.165) is 12.1 Å². The van der Waals surface area contributed by atoms with Gasteiger partial charge in [-0.15, -0.1) is 0 Å². The van der Waals surface area contributed by atoms with E-state index in [1.165, 1.54) is 18.3 Å². The van der Waals surface area contributed by atoms with Crippen molar-refractivity contribution in [2.45, 2.75) is 6.18 Å². The van der Waals surface area contributed by atoms with Crippen LogP contribution in [0.25, 0.3) is 11.1 Å². The first kappa shape index (κ1) is 19.7. The molecule has 28 heavy (non-hydrogen) atoms. The van der Waals surface area contributed by atoms with Crippen LogP contribution in [-0.2, 0) is 11.0 Å². The summed E-state index contributed by atoms with van der Waals surface area (Å²) >= 11 is 5.77. The van der Waals surface area contributed by atoms with E-state index >= 15 is 0 Å². The van der Waals surface area contributed by atoms with Crippen molar-refractivity contribution in [3.8, 4) is 11.1 Å². The maximum atomic E-state index is 13.1. The Hall–Kier alpha value is -3.06. The number of carbonyl (C=O) groups excluding carboxylic acids is 1. The summed E-state index contributed by atoms with van der Waals surface area (Å²) in [5.41, 5.74) is 1.10. The summed E-state index contributed by atoms with van der Waals surface area (Å²) < 4.78 is 39.3. The number of halogens is 4. The largest absolute Gasteiger partial charge is 0.416 e. The molecule has 0 bridgehead atoms. The predicted octanol–water partition coefficient (Wildman–Crippen LogP) is 5.47. The van der Waals surface area contributed by atoms with Crippen molar-refractivity contribution in [3.05, 3.63) is 77.6 Å². The molecule has 0 saturated carbocycles. The van der Waals surface area contributed by atoms with Crippen molar-refractivity contribution in [2.24, 2.45) is 0 Å². The standard InChI is InChI=1S/C20H15ClF3N3O/c21-18-11-15(8-9-25-18)27-19(28)12-26-17-7-6-14(20(22,23)24)10-16(17)13-4-2-1-3-5-13/h1-11,26H,12H2,(H,25,27,28). The second kappa shape index (κ2) is 8.31. The number of hydrogen-bond donors (Lipinski definition) is 2. The van der Waals surface area contributed by atoms with E-state index in [1.54, 1.807) is 36.4 Å². The van der Waals surface area contributed by atoms with Gasteiger partial charge in [0.25, 0.3) is 0 Å². The number of nitrogens with zero attached hydrogens (tertiary/aromatic N) is 1. The van der Waals surface area contributed by atoms with Crippen LogP contribution in [0.1, 0.15) is 5.56 Å². The van der Waals surface area contributed by atoms with Crippen LogP contribution in [-0.4, -0.2) is 17.4 Å². The number of carbonyl (C=O) groups is 1. The summed E-state index contributed by atoms with van der Waals surface area (Å²) in [6.45, 7) is -0.134. The minimum absolute atomic E-state index is 0.134. The molecule has 1 aromatic heterocycles. The number of aromatic nitrogens is 1. The zero-order valence-electron chi connectivity index (χ0n) is 14.4. The van der Waals surface area contributed by atoms with E-state index in [9.17, 15) is 18.0 Å². The monoisotopic (exact) mass is 405 g/mol. The third kappa shape index (κ3) is 5.01. The third-order valence-corrected chi connectivity index (χ3v) is 4.09. The molecule has 0 radical (unpaired) electrons. The van der Waals surface area contributed by atoms with Gasteiger partial charge in [-0.3, -0.25) is 4.79 Å². The minimum Gasteiger partial charge on any atom is -0.376 e. The van der Waals surface area contributed by atoms with Crippen molar-refractivity contribution < 1.29 is 18.0 Å². The Bertz CT molecular complexity index is 978. The molecule has 3 rings (SSSR count). The first-order valence-corrected chi connectivity index (χ1v) is 8.63. The highest BCUT2D eigenvalue weighted by molar-refractivity contribution is 6.29. The van der Waals surface area contributed by atoms with Gasteiger partial charge in [-0.1, -0.05) is 41.9 Å². The summed E-state index contributed by atoms with van der Waals surface area (Å²) in [5.74, 6) is -0.374. The van der Waals surface area contributed by atoms with Crippen molar-refractivity contribution in [3.63, 3.8) is 0 Å². The number of amides is 1. The maximum absolute atomic E-state index is 13.1. The molecule has 8 heteroatoms. The number of rotatable bonds is 5. The molecule has 0 saturated heterocycles. The molecule has 0 spiro atoms. The smallest absolute Gasteiger partial charge is 0.376 e. The van der Waals surface area contributed by atoms with Crippen LogP contribution in [0.15, 0.2) is 66.9 Å². The highest BCUT2D eigenvalue weighted by Gasteiger charge is 2.31. The van der Waals surface area contributed by atoms with Crippen LogP contribution in [0, 0.1) is 0 Å². The topological polar surface area (TPSA) is 54.0 Å². The zero-order valence-corrected chi connectivity index (χ0v) is 15.2. The normalized spacial score (nSPS) is 11.1. The molecular weight excluding hydrogens is 391 g/mol. The van der Waals surface area contributed by atoms with Crippen LogP contribution >= 0.6 is 11.6 Å². The van der Waals surface area contributed by atoms with Gasteiger partial charge in [-0.25, -0.2) is 4.98 Å². The van der Waals surface area contributed by atoms with E-state index < -0.39 is 11.7 Å². The Kier molecular flexibility index (Phi) is 5.84. The molecule has 0 fully saturated rings. The van der Waals surface area contributed by atoms with Gasteiger partial charge in [-0.2, -0.15) is 13.2 Å².